The number of hydroxylamine groups is 2. The molecule has 0 unspecified atom stereocenters. The quantitative estimate of drug-likeness (QED) is 0.0749. The van der Waals surface area contributed by atoms with Gasteiger partial charge in [0.05, 0.1) is 34.4 Å². The molecule has 59 heavy (non-hydrogen) atoms. The fraction of sp³-hybridized carbons (Fsp3) is 0.302. The van der Waals surface area contributed by atoms with Gasteiger partial charge >= 0.3 is 0 Å². The van der Waals surface area contributed by atoms with Gasteiger partial charge in [-0.15, -0.1) is 12.8 Å². The summed E-state index contributed by atoms with van der Waals surface area (Å²) in [6.45, 7) is 1.20. The molecule has 2 amide bonds. The zero-order valence-corrected chi connectivity index (χ0v) is 33.1. The highest BCUT2D eigenvalue weighted by Gasteiger charge is 2.51. The molecule has 312 valence electrons. The number of para-hydroxylation sites is 2. The molecule has 0 saturated carbocycles. The summed E-state index contributed by atoms with van der Waals surface area (Å²) < 4.78 is 63.6. The minimum absolute atomic E-state index is 0. The van der Waals surface area contributed by atoms with E-state index in [1.165, 1.54) is 24.3 Å². The molecule has 0 bridgehead atoms. The lowest BCUT2D eigenvalue weighted by atomic mass is 9.98. The molecular weight excluding hydrogens is 797 g/mol. The predicted octanol–water partition coefficient (Wildman–Crippen LogP) is 5.09. The molecule has 2 heterocycles. The first-order valence-electron chi connectivity index (χ1n) is 18.2. The van der Waals surface area contributed by atoms with E-state index in [0.717, 1.165) is 0 Å². The summed E-state index contributed by atoms with van der Waals surface area (Å²) in [6.07, 6.45) is 12.5. The third-order valence-corrected chi connectivity index (χ3v) is 13.7. The Balaban J connectivity index is 0.000000256. The van der Waals surface area contributed by atoms with Gasteiger partial charge in [0.1, 0.15) is 34.1 Å². The maximum Gasteiger partial charge on any atom is 0.264 e. The normalized spacial score (nSPS) is 19.1. The topological polar surface area (TPSA) is 192 Å². The molecular formula is C43H48N4O10S2. The van der Waals surface area contributed by atoms with Crippen LogP contribution in [0.5, 0.6) is 23.0 Å². The van der Waals surface area contributed by atoms with Crippen LogP contribution in [-0.4, -0.2) is 97.6 Å². The van der Waals surface area contributed by atoms with Gasteiger partial charge in [0.15, 0.2) is 19.7 Å². The summed E-state index contributed by atoms with van der Waals surface area (Å²) in [6, 6.07) is 30.3. The molecule has 0 radical (unpaired) electrons. The predicted molar refractivity (Wildman–Crippen MR) is 221 cm³/mol. The molecule has 2 saturated heterocycles. The van der Waals surface area contributed by atoms with Crippen molar-refractivity contribution in [3.8, 4) is 47.7 Å². The Hall–Kier alpha value is -5.72. The first kappa shape index (κ1) is 46.0. The van der Waals surface area contributed by atoms with Crippen molar-refractivity contribution in [3.63, 3.8) is 0 Å². The summed E-state index contributed by atoms with van der Waals surface area (Å²) in [4.78, 5) is 28.3. The van der Waals surface area contributed by atoms with Crippen molar-refractivity contribution in [3.05, 3.63) is 109 Å². The second-order valence-electron chi connectivity index (χ2n) is 13.7. The number of ether oxygens (including phenoxy) is 2. The number of terminal acetylenes is 2. The van der Waals surface area contributed by atoms with Crippen LogP contribution in [0.4, 0.5) is 0 Å². The van der Waals surface area contributed by atoms with Crippen LogP contribution in [0.15, 0.2) is 119 Å². The number of sulfone groups is 2. The minimum Gasteiger partial charge on any atom is -0.457 e. The smallest absolute Gasteiger partial charge is 0.264 e. The van der Waals surface area contributed by atoms with Crippen LogP contribution < -0.4 is 20.4 Å². The van der Waals surface area contributed by atoms with E-state index >= 15 is 0 Å². The molecule has 4 N–H and O–H groups in total. The van der Waals surface area contributed by atoms with Crippen molar-refractivity contribution in [1.29, 1.82) is 0 Å². The molecule has 0 aliphatic carbocycles. The van der Waals surface area contributed by atoms with Crippen molar-refractivity contribution in [2.45, 2.75) is 54.0 Å². The van der Waals surface area contributed by atoms with Gasteiger partial charge in [-0.25, -0.2) is 27.8 Å². The minimum atomic E-state index is -3.84. The van der Waals surface area contributed by atoms with Crippen molar-refractivity contribution >= 4 is 31.5 Å². The van der Waals surface area contributed by atoms with Crippen LogP contribution in [0.2, 0.25) is 0 Å². The van der Waals surface area contributed by atoms with Crippen LogP contribution in [0, 0.1) is 24.7 Å². The first-order valence-corrected chi connectivity index (χ1v) is 21.5. The number of hydrogen-bond acceptors (Lipinski definition) is 12. The Morgan fingerprint density at radius 3 is 1.22 bits per heavy atom. The zero-order valence-electron chi connectivity index (χ0n) is 31.5. The first-order chi connectivity index (χ1) is 27.8. The standard InChI is InChI=1S/2C21H22N2O5S.CH4/c2*1-2-14-23-15-6-13-21(23,20(24)22-25)16-29(26,27)19-11-9-18(10-12-19)28-17-7-4-3-5-8-17;/h2*1,3-5,7-12,25H,6,13-16H2,(H,22,24);1H4/t2*21-;/m10./s1. The van der Waals surface area contributed by atoms with E-state index in [-0.39, 0.29) is 43.1 Å². The van der Waals surface area contributed by atoms with Crippen LogP contribution in [0.1, 0.15) is 33.1 Å². The van der Waals surface area contributed by atoms with Gasteiger partial charge in [-0.05, 0) is 98.5 Å². The van der Waals surface area contributed by atoms with E-state index in [1.54, 1.807) is 69.3 Å². The third kappa shape index (κ3) is 10.9. The number of benzene rings is 4. The molecule has 4 aromatic rings. The fourth-order valence-corrected chi connectivity index (χ4v) is 10.8. The molecule has 2 atom stereocenters. The molecule has 2 aliphatic heterocycles. The molecule has 16 heteroatoms. The lowest BCUT2D eigenvalue weighted by Crippen LogP contribution is -2.58. The van der Waals surface area contributed by atoms with Crippen molar-refractivity contribution < 1.29 is 46.3 Å². The van der Waals surface area contributed by atoms with E-state index in [9.17, 15) is 36.8 Å². The summed E-state index contributed by atoms with van der Waals surface area (Å²) in [5.41, 5.74) is 0.419. The Kier molecular flexibility index (Phi) is 15.8. The van der Waals surface area contributed by atoms with E-state index in [2.05, 4.69) is 11.8 Å². The van der Waals surface area contributed by atoms with Gasteiger partial charge in [-0.2, -0.15) is 0 Å². The maximum atomic E-state index is 13.1. The number of amides is 2. The molecule has 4 aromatic carbocycles. The van der Waals surface area contributed by atoms with Crippen LogP contribution in [0.25, 0.3) is 0 Å². The van der Waals surface area contributed by atoms with Gasteiger partial charge in [0.2, 0.25) is 0 Å². The van der Waals surface area contributed by atoms with Crippen LogP contribution in [0.3, 0.4) is 0 Å². The molecule has 2 aliphatic rings. The van der Waals surface area contributed by atoms with Crippen LogP contribution >= 0.6 is 0 Å². The van der Waals surface area contributed by atoms with Crippen molar-refractivity contribution in [2.75, 3.05) is 37.7 Å². The lowest BCUT2D eigenvalue weighted by Gasteiger charge is -2.34. The molecule has 14 nitrogen and oxygen atoms in total. The number of rotatable bonds is 14. The summed E-state index contributed by atoms with van der Waals surface area (Å²) in [7, 11) is -7.67. The van der Waals surface area contributed by atoms with E-state index < -0.39 is 54.1 Å². The SMILES string of the molecule is C.C#CCN1CCC[C@@]1(CS(=O)(=O)c1ccc(Oc2ccccc2)cc1)C(=O)NO.C#CCN1CCC[C@]1(CS(=O)(=O)c1ccc(Oc2ccccc2)cc1)C(=O)NO. The van der Waals surface area contributed by atoms with E-state index in [1.807, 2.05) is 36.4 Å². The van der Waals surface area contributed by atoms with Gasteiger partial charge in [0, 0.05) is 13.1 Å². The largest absolute Gasteiger partial charge is 0.457 e. The van der Waals surface area contributed by atoms with E-state index in [4.69, 9.17) is 22.3 Å². The summed E-state index contributed by atoms with van der Waals surface area (Å²) in [5.74, 6) is 4.67. The molecule has 6 rings (SSSR count). The second-order valence-corrected chi connectivity index (χ2v) is 17.7. The Bertz CT molecular complexity index is 2170. The highest BCUT2D eigenvalue weighted by atomic mass is 32.2. The van der Waals surface area contributed by atoms with Gasteiger partial charge in [-0.3, -0.25) is 29.8 Å². The Labute approximate surface area is 345 Å². The molecule has 2 fully saturated rings. The Morgan fingerprint density at radius 2 is 0.915 bits per heavy atom. The highest BCUT2D eigenvalue weighted by Crippen LogP contribution is 2.35. The fourth-order valence-electron chi connectivity index (χ4n) is 7.21. The van der Waals surface area contributed by atoms with Gasteiger partial charge in [0.25, 0.3) is 11.8 Å². The van der Waals surface area contributed by atoms with Gasteiger partial charge in [-0.1, -0.05) is 55.7 Å². The van der Waals surface area contributed by atoms with E-state index in [0.29, 0.717) is 48.9 Å². The van der Waals surface area contributed by atoms with Crippen molar-refractivity contribution in [2.24, 2.45) is 0 Å². The number of nitrogens with one attached hydrogen (secondary N) is 2. The second kappa shape index (κ2) is 20.3. The average molecular weight is 845 g/mol. The Morgan fingerprint density at radius 1 is 0.593 bits per heavy atom. The lowest BCUT2D eigenvalue weighted by molar-refractivity contribution is -0.139. The number of carbonyl (C=O) groups excluding carboxylic acids is 2. The third-order valence-electron chi connectivity index (χ3n) is 10.0. The summed E-state index contributed by atoms with van der Waals surface area (Å²) in [5, 5.41) is 18.4. The number of hydrogen-bond donors (Lipinski definition) is 4. The van der Waals surface area contributed by atoms with Crippen LogP contribution in [-0.2, 0) is 29.3 Å². The molecule has 0 aromatic heterocycles. The average Bonchev–Trinajstić information content (AvgIpc) is 3.82. The number of carbonyl (C=O) groups is 2. The number of nitrogens with zero attached hydrogens (tertiary/aromatic N) is 2. The monoisotopic (exact) mass is 844 g/mol. The highest BCUT2D eigenvalue weighted by molar-refractivity contribution is 7.91. The summed E-state index contributed by atoms with van der Waals surface area (Å²) >= 11 is 0. The zero-order chi connectivity index (χ0) is 41.8. The molecule has 0 spiro atoms. The van der Waals surface area contributed by atoms with Gasteiger partial charge < -0.3 is 9.47 Å². The maximum absolute atomic E-state index is 13.1. The number of likely N-dealkylation sites (tertiary alicyclic amines) is 2. The van der Waals surface area contributed by atoms with Crippen molar-refractivity contribution in [1.82, 2.24) is 20.8 Å².